The second-order valence-corrected chi connectivity index (χ2v) is 5.86. The first-order chi connectivity index (χ1) is 7.65. The minimum absolute atomic E-state index is 0.334. The number of halogens is 2. The highest BCUT2D eigenvalue weighted by Gasteiger charge is 2.35. The minimum atomic E-state index is -0.360. The standard InChI is InChI=1S/C12H11ClFNS/c13-11-6-10(14)3-2-9(11)7-12(8-15)4-1-5-16-12/h2-3,6H,1,4-5,7H2. The fourth-order valence-electron chi connectivity index (χ4n) is 1.94. The van der Waals surface area contributed by atoms with E-state index in [0.29, 0.717) is 11.4 Å². The molecule has 4 heteroatoms. The van der Waals surface area contributed by atoms with E-state index in [1.165, 1.54) is 12.1 Å². The fourth-order valence-corrected chi connectivity index (χ4v) is 3.46. The third-order valence-corrected chi connectivity index (χ3v) is 4.64. The molecule has 0 aromatic heterocycles. The monoisotopic (exact) mass is 255 g/mol. The van der Waals surface area contributed by atoms with E-state index in [1.807, 2.05) is 0 Å². The van der Waals surface area contributed by atoms with Crippen molar-refractivity contribution in [3.8, 4) is 6.07 Å². The molecule has 1 heterocycles. The topological polar surface area (TPSA) is 23.8 Å². The molecule has 1 nitrogen and oxygen atoms in total. The highest BCUT2D eigenvalue weighted by atomic mass is 35.5. The molecule has 2 rings (SSSR count). The molecule has 0 spiro atoms. The number of nitrogens with zero attached hydrogens (tertiary/aromatic N) is 1. The maximum atomic E-state index is 12.9. The Morgan fingerprint density at radius 2 is 2.38 bits per heavy atom. The van der Waals surface area contributed by atoms with Gasteiger partial charge in [0.15, 0.2) is 0 Å². The summed E-state index contributed by atoms with van der Waals surface area (Å²) in [6, 6.07) is 6.76. The molecule has 1 unspecified atom stereocenters. The van der Waals surface area contributed by atoms with Crippen molar-refractivity contribution in [3.05, 3.63) is 34.6 Å². The van der Waals surface area contributed by atoms with Gasteiger partial charge >= 0.3 is 0 Å². The van der Waals surface area contributed by atoms with E-state index >= 15 is 0 Å². The lowest BCUT2D eigenvalue weighted by molar-refractivity contribution is 0.624. The second-order valence-electron chi connectivity index (χ2n) is 3.97. The van der Waals surface area contributed by atoms with Crippen molar-refractivity contribution in [1.82, 2.24) is 0 Å². The maximum Gasteiger partial charge on any atom is 0.124 e. The fraction of sp³-hybridized carbons (Fsp3) is 0.417. The normalized spacial score (nSPS) is 24.3. The van der Waals surface area contributed by atoms with E-state index in [2.05, 4.69) is 6.07 Å². The van der Waals surface area contributed by atoms with Crippen molar-refractivity contribution in [2.24, 2.45) is 0 Å². The van der Waals surface area contributed by atoms with Crippen LogP contribution in [0, 0.1) is 17.1 Å². The Morgan fingerprint density at radius 1 is 1.56 bits per heavy atom. The highest BCUT2D eigenvalue weighted by Crippen LogP contribution is 2.41. The van der Waals surface area contributed by atoms with Gasteiger partial charge in [0.2, 0.25) is 0 Å². The van der Waals surface area contributed by atoms with Gasteiger partial charge in [-0.15, -0.1) is 11.8 Å². The summed E-state index contributed by atoms with van der Waals surface area (Å²) in [4.78, 5) is 0. The third-order valence-electron chi connectivity index (χ3n) is 2.80. The third kappa shape index (κ3) is 2.34. The van der Waals surface area contributed by atoms with Gasteiger partial charge in [0, 0.05) is 11.4 Å². The van der Waals surface area contributed by atoms with Gasteiger partial charge in [0.1, 0.15) is 10.6 Å². The van der Waals surface area contributed by atoms with Crippen LogP contribution in [-0.4, -0.2) is 10.5 Å². The Balaban J connectivity index is 2.23. The van der Waals surface area contributed by atoms with Crippen LogP contribution in [0.5, 0.6) is 0 Å². The Bertz CT molecular complexity index is 435. The molecule has 0 amide bonds. The van der Waals surface area contributed by atoms with Crippen molar-refractivity contribution >= 4 is 23.4 Å². The molecule has 0 bridgehead atoms. The Labute approximate surface area is 104 Å². The summed E-state index contributed by atoms with van der Waals surface area (Å²) in [5, 5.41) is 9.65. The summed E-state index contributed by atoms with van der Waals surface area (Å²) in [5.41, 5.74) is 0.860. The maximum absolute atomic E-state index is 12.9. The molecular formula is C12H11ClFNS. The number of hydrogen-bond donors (Lipinski definition) is 0. The lowest BCUT2D eigenvalue weighted by atomic mass is 9.96. The quantitative estimate of drug-likeness (QED) is 0.802. The first-order valence-electron chi connectivity index (χ1n) is 5.14. The molecule has 1 aromatic rings. The molecule has 1 fully saturated rings. The predicted molar refractivity (Wildman–Crippen MR) is 65.2 cm³/mol. The molecule has 0 saturated carbocycles. The number of benzene rings is 1. The molecule has 16 heavy (non-hydrogen) atoms. The molecule has 1 aromatic carbocycles. The van der Waals surface area contributed by atoms with Crippen LogP contribution in [0.3, 0.4) is 0 Å². The largest absolute Gasteiger partial charge is 0.207 e. The number of rotatable bonds is 2. The molecular weight excluding hydrogens is 245 g/mol. The number of hydrogen-bond acceptors (Lipinski definition) is 2. The van der Waals surface area contributed by atoms with Crippen molar-refractivity contribution in [1.29, 1.82) is 5.26 Å². The van der Waals surface area contributed by atoms with Crippen LogP contribution in [0.1, 0.15) is 18.4 Å². The summed E-state index contributed by atoms with van der Waals surface area (Å²) >= 11 is 7.65. The molecule has 1 atom stereocenters. The highest BCUT2D eigenvalue weighted by molar-refractivity contribution is 8.01. The van der Waals surface area contributed by atoms with E-state index in [1.54, 1.807) is 17.8 Å². The minimum Gasteiger partial charge on any atom is -0.207 e. The summed E-state index contributed by atoms with van der Waals surface area (Å²) in [5.74, 6) is 0.686. The number of nitriles is 1. The lowest BCUT2D eigenvalue weighted by Crippen LogP contribution is -2.21. The van der Waals surface area contributed by atoms with Crippen molar-refractivity contribution < 1.29 is 4.39 Å². The SMILES string of the molecule is N#CC1(Cc2ccc(F)cc2Cl)CCCS1. The molecule has 1 aliphatic heterocycles. The zero-order chi connectivity index (χ0) is 11.6. The Hall–Kier alpha value is -0.720. The summed E-state index contributed by atoms with van der Waals surface area (Å²) in [6.45, 7) is 0. The molecule has 84 valence electrons. The molecule has 1 aliphatic rings. The van der Waals surface area contributed by atoms with E-state index in [9.17, 15) is 9.65 Å². The summed E-state index contributed by atoms with van der Waals surface area (Å²) in [7, 11) is 0. The van der Waals surface area contributed by atoms with Crippen LogP contribution in [0.4, 0.5) is 4.39 Å². The van der Waals surface area contributed by atoms with Gasteiger partial charge in [0.05, 0.1) is 6.07 Å². The van der Waals surface area contributed by atoms with Gasteiger partial charge in [-0.2, -0.15) is 5.26 Å². The molecule has 1 saturated heterocycles. The van der Waals surface area contributed by atoms with Crippen LogP contribution in [0.25, 0.3) is 0 Å². The van der Waals surface area contributed by atoms with Crippen LogP contribution in [-0.2, 0) is 6.42 Å². The average molecular weight is 256 g/mol. The first kappa shape index (κ1) is 11.8. The average Bonchev–Trinajstić information content (AvgIpc) is 2.72. The van der Waals surface area contributed by atoms with Crippen LogP contribution in [0.2, 0.25) is 5.02 Å². The smallest absolute Gasteiger partial charge is 0.124 e. The van der Waals surface area contributed by atoms with Gasteiger partial charge in [0.25, 0.3) is 0 Å². The lowest BCUT2D eigenvalue weighted by Gasteiger charge is -2.19. The zero-order valence-corrected chi connectivity index (χ0v) is 10.2. The Kier molecular flexibility index (Phi) is 3.41. The first-order valence-corrected chi connectivity index (χ1v) is 6.51. The van der Waals surface area contributed by atoms with Crippen LogP contribution < -0.4 is 0 Å². The van der Waals surface area contributed by atoms with E-state index in [-0.39, 0.29) is 10.6 Å². The molecule has 0 aliphatic carbocycles. The molecule has 0 radical (unpaired) electrons. The Morgan fingerprint density at radius 3 is 2.94 bits per heavy atom. The van der Waals surface area contributed by atoms with Crippen LogP contribution >= 0.6 is 23.4 Å². The van der Waals surface area contributed by atoms with Gasteiger partial charge in [-0.3, -0.25) is 0 Å². The van der Waals surface area contributed by atoms with Crippen molar-refractivity contribution in [2.45, 2.75) is 24.0 Å². The van der Waals surface area contributed by atoms with Gasteiger partial charge < -0.3 is 0 Å². The van der Waals surface area contributed by atoms with Gasteiger partial charge in [-0.25, -0.2) is 4.39 Å². The van der Waals surface area contributed by atoms with Crippen molar-refractivity contribution in [3.63, 3.8) is 0 Å². The van der Waals surface area contributed by atoms with Gasteiger partial charge in [-0.1, -0.05) is 17.7 Å². The van der Waals surface area contributed by atoms with E-state index < -0.39 is 0 Å². The second kappa shape index (κ2) is 4.65. The summed E-state index contributed by atoms with van der Waals surface area (Å²) in [6.07, 6.45) is 2.56. The van der Waals surface area contributed by atoms with Gasteiger partial charge in [-0.05, 0) is 36.3 Å². The summed E-state index contributed by atoms with van der Waals surface area (Å²) < 4.78 is 12.5. The predicted octanol–water partition coefficient (Wildman–Crippen LogP) is 3.81. The van der Waals surface area contributed by atoms with Crippen LogP contribution in [0.15, 0.2) is 18.2 Å². The molecule has 0 N–H and O–H groups in total. The number of thioether (sulfide) groups is 1. The van der Waals surface area contributed by atoms with Crippen molar-refractivity contribution in [2.75, 3.05) is 5.75 Å². The van der Waals surface area contributed by atoms with E-state index in [0.717, 1.165) is 24.2 Å². The van der Waals surface area contributed by atoms with E-state index in [4.69, 9.17) is 11.6 Å². The zero-order valence-electron chi connectivity index (χ0n) is 8.67.